The molecule has 2 aromatic rings. The molecule has 0 atom stereocenters. The third kappa shape index (κ3) is 5.58. The van der Waals surface area contributed by atoms with E-state index in [1.165, 1.54) is 5.56 Å². The first-order chi connectivity index (χ1) is 11.6. The number of hydrogen-bond acceptors (Lipinski definition) is 4. The summed E-state index contributed by atoms with van der Waals surface area (Å²) in [5.41, 5.74) is 2.95. The number of pyridine rings is 2. The number of anilines is 1. The van der Waals surface area contributed by atoms with Gasteiger partial charge in [0.15, 0.2) is 0 Å². The summed E-state index contributed by atoms with van der Waals surface area (Å²) >= 11 is 0. The van der Waals surface area contributed by atoms with Gasteiger partial charge in [-0.2, -0.15) is 0 Å². The van der Waals surface area contributed by atoms with Crippen molar-refractivity contribution in [1.29, 1.82) is 0 Å². The highest BCUT2D eigenvalue weighted by Crippen LogP contribution is 2.22. The maximum Gasteiger partial charge on any atom is 0.214 e. The van der Waals surface area contributed by atoms with Gasteiger partial charge in [0, 0.05) is 36.1 Å². The van der Waals surface area contributed by atoms with Gasteiger partial charge in [0.25, 0.3) is 0 Å². The zero-order valence-electron chi connectivity index (χ0n) is 15.5. The lowest BCUT2D eigenvalue weighted by molar-refractivity contribution is 0.398. The number of rotatable bonds is 4. The Bertz CT molecular complexity index is 700. The Morgan fingerprint density at radius 2 is 1.83 bits per heavy atom. The number of nitrogens with zero attached hydrogens (tertiary/aromatic N) is 2. The van der Waals surface area contributed by atoms with Crippen molar-refractivity contribution in [2.75, 3.05) is 19.0 Å². The maximum atomic E-state index is 5.10. The van der Waals surface area contributed by atoms with Crippen LogP contribution in [-0.4, -0.2) is 23.6 Å². The van der Waals surface area contributed by atoms with Crippen LogP contribution in [0.25, 0.3) is 0 Å². The molecule has 0 amide bonds. The van der Waals surface area contributed by atoms with E-state index in [0.29, 0.717) is 11.8 Å². The Balaban J connectivity index is 0.00000139. The minimum Gasteiger partial charge on any atom is -0.481 e. The molecular formula is C20H27N3O. The van der Waals surface area contributed by atoms with E-state index in [4.69, 9.17) is 4.74 Å². The van der Waals surface area contributed by atoms with Crippen molar-refractivity contribution >= 4 is 5.82 Å². The van der Waals surface area contributed by atoms with E-state index in [-0.39, 0.29) is 0 Å². The molecule has 4 nitrogen and oxygen atoms in total. The molecule has 2 heterocycles. The van der Waals surface area contributed by atoms with Crippen LogP contribution in [0.15, 0.2) is 30.6 Å². The van der Waals surface area contributed by atoms with Gasteiger partial charge in [-0.05, 0) is 30.5 Å². The number of aromatic nitrogens is 2. The average Bonchev–Trinajstić information content (AvgIpc) is 2.62. The van der Waals surface area contributed by atoms with Crippen molar-refractivity contribution in [1.82, 2.24) is 9.97 Å². The summed E-state index contributed by atoms with van der Waals surface area (Å²) in [6, 6.07) is 5.77. The first kappa shape index (κ1) is 19.5. The highest BCUT2D eigenvalue weighted by molar-refractivity contribution is 5.51. The van der Waals surface area contributed by atoms with Crippen molar-refractivity contribution in [2.45, 2.75) is 40.5 Å². The van der Waals surface area contributed by atoms with E-state index in [9.17, 15) is 0 Å². The van der Waals surface area contributed by atoms with Gasteiger partial charge in [-0.25, -0.2) is 9.97 Å². The summed E-state index contributed by atoms with van der Waals surface area (Å²) in [6.07, 6.45) is 3.49. The summed E-state index contributed by atoms with van der Waals surface area (Å²) in [7, 11) is 1.60. The van der Waals surface area contributed by atoms with Crippen LogP contribution in [0, 0.1) is 11.8 Å². The van der Waals surface area contributed by atoms with Crippen LogP contribution in [0.1, 0.15) is 57.2 Å². The molecule has 0 aliphatic carbocycles. The van der Waals surface area contributed by atoms with Gasteiger partial charge < -0.3 is 10.1 Å². The van der Waals surface area contributed by atoms with Crippen molar-refractivity contribution in [3.63, 3.8) is 0 Å². The fourth-order valence-electron chi connectivity index (χ4n) is 2.05. The molecule has 0 aliphatic rings. The van der Waals surface area contributed by atoms with Crippen molar-refractivity contribution in [3.05, 3.63) is 47.3 Å². The first-order valence-corrected chi connectivity index (χ1v) is 8.40. The third-order valence-electron chi connectivity index (χ3n) is 3.18. The molecule has 0 saturated carbocycles. The topological polar surface area (TPSA) is 47.0 Å². The molecule has 0 radical (unpaired) electrons. The van der Waals surface area contributed by atoms with Crippen LogP contribution in [0.5, 0.6) is 5.88 Å². The zero-order valence-corrected chi connectivity index (χ0v) is 15.5. The largest absolute Gasteiger partial charge is 0.481 e. The van der Waals surface area contributed by atoms with Crippen LogP contribution in [-0.2, 0) is 0 Å². The second-order valence-corrected chi connectivity index (χ2v) is 5.18. The molecule has 1 N–H and O–H groups in total. The number of ether oxygens (including phenoxy) is 1. The van der Waals surface area contributed by atoms with E-state index in [2.05, 4.69) is 54.0 Å². The van der Waals surface area contributed by atoms with Crippen molar-refractivity contribution < 1.29 is 4.74 Å². The van der Waals surface area contributed by atoms with E-state index in [1.807, 2.05) is 26.0 Å². The smallest absolute Gasteiger partial charge is 0.214 e. The lowest BCUT2D eigenvalue weighted by atomic mass is 10.0. The zero-order chi connectivity index (χ0) is 17.9. The molecule has 4 heteroatoms. The molecule has 0 fully saturated rings. The highest BCUT2D eigenvalue weighted by Gasteiger charge is 2.08. The van der Waals surface area contributed by atoms with Gasteiger partial charge in [0.1, 0.15) is 5.82 Å². The van der Waals surface area contributed by atoms with E-state index >= 15 is 0 Å². The Hall–Kier alpha value is -2.54. The molecule has 0 unspecified atom stereocenters. The van der Waals surface area contributed by atoms with Gasteiger partial charge in [0.2, 0.25) is 5.88 Å². The molecule has 2 aromatic heterocycles. The third-order valence-corrected chi connectivity index (χ3v) is 3.18. The molecule has 0 aromatic carbocycles. The van der Waals surface area contributed by atoms with Crippen molar-refractivity contribution in [2.24, 2.45) is 0 Å². The lowest BCUT2D eigenvalue weighted by Crippen LogP contribution is -2.05. The first-order valence-electron chi connectivity index (χ1n) is 8.40. The molecule has 0 bridgehead atoms. The Labute approximate surface area is 145 Å². The Morgan fingerprint density at radius 1 is 1.12 bits per heavy atom. The number of methoxy groups -OCH3 is 1. The predicted molar refractivity (Wildman–Crippen MR) is 101 cm³/mol. The molecule has 0 aliphatic heterocycles. The van der Waals surface area contributed by atoms with E-state index in [1.54, 1.807) is 19.5 Å². The highest BCUT2D eigenvalue weighted by atomic mass is 16.5. The van der Waals surface area contributed by atoms with Gasteiger partial charge in [-0.1, -0.05) is 39.5 Å². The molecular weight excluding hydrogens is 298 g/mol. The van der Waals surface area contributed by atoms with Gasteiger partial charge in [-0.3, -0.25) is 0 Å². The van der Waals surface area contributed by atoms with Crippen LogP contribution in [0.3, 0.4) is 0 Å². The molecule has 128 valence electrons. The second kappa shape index (κ2) is 10.3. The normalized spacial score (nSPS) is 9.46. The number of nitrogens with one attached hydrogen (secondary N) is 1. The van der Waals surface area contributed by atoms with Crippen LogP contribution < -0.4 is 10.1 Å². The quantitative estimate of drug-likeness (QED) is 0.843. The minimum atomic E-state index is 0.393. The van der Waals surface area contributed by atoms with Crippen LogP contribution in [0.2, 0.25) is 0 Å². The summed E-state index contributed by atoms with van der Waals surface area (Å²) in [5, 5.41) is 3.29. The summed E-state index contributed by atoms with van der Waals surface area (Å²) in [6.45, 7) is 11.2. The summed E-state index contributed by atoms with van der Waals surface area (Å²) in [5.74, 6) is 8.17. The van der Waals surface area contributed by atoms with E-state index in [0.717, 1.165) is 23.5 Å². The SMILES string of the molecule is CC.CCNc1ncc(C#Cc2ccnc(OC)c2)cc1C(C)C. The Morgan fingerprint density at radius 3 is 2.46 bits per heavy atom. The van der Waals surface area contributed by atoms with Gasteiger partial charge >= 0.3 is 0 Å². The van der Waals surface area contributed by atoms with Crippen LogP contribution in [0.4, 0.5) is 5.82 Å². The fraction of sp³-hybridized carbons (Fsp3) is 0.400. The maximum absolute atomic E-state index is 5.10. The number of hydrogen-bond donors (Lipinski definition) is 1. The summed E-state index contributed by atoms with van der Waals surface area (Å²) in [4.78, 5) is 8.56. The monoisotopic (exact) mass is 325 g/mol. The molecule has 24 heavy (non-hydrogen) atoms. The molecule has 2 rings (SSSR count). The Kier molecular flexibility index (Phi) is 8.35. The van der Waals surface area contributed by atoms with E-state index < -0.39 is 0 Å². The predicted octanol–water partition coefficient (Wildman–Crippen LogP) is 4.47. The second-order valence-electron chi connectivity index (χ2n) is 5.18. The van der Waals surface area contributed by atoms with Crippen LogP contribution >= 0.6 is 0 Å². The fourth-order valence-corrected chi connectivity index (χ4v) is 2.05. The molecule has 0 saturated heterocycles. The average molecular weight is 325 g/mol. The molecule has 0 spiro atoms. The van der Waals surface area contributed by atoms with Crippen molar-refractivity contribution in [3.8, 4) is 17.7 Å². The van der Waals surface area contributed by atoms with Gasteiger partial charge in [0.05, 0.1) is 7.11 Å². The summed E-state index contributed by atoms with van der Waals surface area (Å²) < 4.78 is 5.10. The lowest BCUT2D eigenvalue weighted by Gasteiger charge is -2.12. The minimum absolute atomic E-state index is 0.393. The standard InChI is InChI=1S/C18H21N3O.C2H6/c1-5-19-18-16(13(2)3)10-15(12-21-18)7-6-14-8-9-20-17(11-14)22-4;1-2/h8-13H,5H2,1-4H3,(H,19,21);1-2H3. The van der Waals surface area contributed by atoms with Gasteiger partial charge in [-0.15, -0.1) is 0 Å².